The van der Waals surface area contributed by atoms with E-state index in [1.165, 1.54) is 0 Å². The number of aromatic nitrogens is 4. The minimum atomic E-state index is -0.601. The van der Waals surface area contributed by atoms with Gasteiger partial charge in [0.05, 0.1) is 17.5 Å². The molecule has 6 rings (SSSR count). The molecule has 9 heteroatoms. The smallest absolute Gasteiger partial charge is 0.439 e. The van der Waals surface area contributed by atoms with Gasteiger partial charge in [-0.3, -0.25) is 18.9 Å². The molecule has 1 fully saturated rings. The van der Waals surface area contributed by atoms with Gasteiger partial charge in [0.1, 0.15) is 17.7 Å². The van der Waals surface area contributed by atoms with Gasteiger partial charge in [-0.15, -0.1) is 0 Å². The Hall–Kier alpha value is -4.76. The molecule has 5 aromatic rings. The molecular weight excluding hydrogens is 568 g/mol. The fourth-order valence-corrected chi connectivity index (χ4v) is 6.16. The predicted octanol–water partition coefficient (Wildman–Crippen LogP) is 6.03. The molecule has 2 N–H and O–H groups in total. The number of aliphatic hydroxyl groups excluding tert-OH is 1. The lowest BCUT2D eigenvalue weighted by Crippen LogP contribution is -2.29. The van der Waals surface area contributed by atoms with Gasteiger partial charge >= 0.3 is 5.76 Å². The second-order valence-electron chi connectivity index (χ2n) is 11.6. The summed E-state index contributed by atoms with van der Waals surface area (Å²) < 4.78 is 12.6. The maximum absolute atomic E-state index is 14.2. The van der Waals surface area contributed by atoms with Gasteiger partial charge in [0.15, 0.2) is 5.82 Å². The van der Waals surface area contributed by atoms with Crippen molar-refractivity contribution in [1.29, 1.82) is 0 Å². The first-order valence-corrected chi connectivity index (χ1v) is 15.8. The predicted molar refractivity (Wildman–Crippen MR) is 173 cm³/mol. The minimum absolute atomic E-state index is 0.00124. The maximum Gasteiger partial charge on any atom is 0.439 e. The molecule has 0 radical (unpaired) electrons. The lowest BCUT2D eigenvalue weighted by molar-refractivity contribution is 0.0536. The zero-order chi connectivity index (χ0) is 31.3. The lowest BCUT2D eigenvalue weighted by Gasteiger charge is -2.26. The van der Waals surface area contributed by atoms with Crippen LogP contribution in [0.5, 0.6) is 5.75 Å². The highest BCUT2D eigenvalue weighted by Gasteiger charge is 2.22. The van der Waals surface area contributed by atoms with Crippen molar-refractivity contribution in [3.63, 3.8) is 0 Å². The van der Waals surface area contributed by atoms with E-state index in [9.17, 15) is 14.7 Å². The Bertz CT molecular complexity index is 1870. The monoisotopic (exact) mass is 606 g/mol. The molecule has 9 nitrogen and oxygen atoms in total. The second kappa shape index (κ2) is 13.5. The van der Waals surface area contributed by atoms with Gasteiger partial charge < -0.3 is 9.84 Å². The number of H-pyrrole nitrogens is 1. The van der Waals surface area contributed by atoms with Gasteiger partial charge in [0, 0.05) is 30.4 Å². The van der Waals surface area contributed by atoms with Crippen molar-refractivity contribution in [2.75, 3.05) is 0 Å². The molecule has 232 valence electrons. The molecule has 2 aromatic heterocycles. The van der Waals surface area contributed by atoms with Gasteiger partial charge in [-0.2, -0.15) is 0 Å². The van der Waals surface area contributed by atoms with E-state index < -0.39 is 5.76 Å². The summed E-state index contributed by atoms with van der Waals surface area (Å²) in [5, 5.41) is 13.9. The molecule has 0 bridgehead atoms. The molecule has 2 unspecified atom stereocenters. The SMILES string of the molecule is CCCc1nc(CC)n(-c2ccc(OC3CCCC(O)C3)cc2)c(=O)c1Cc1ccc(-c2ccccc2-c2noc(=O)[nH]2)cc1. The Balaban J connectivity index is 1.30. The zero-order valence-corrected chi connectivity index (χ0v) is 25.7. The third kappa shape index (κ3) is 6.68. The number of aromatic amines is 1. The fourth-order valence-electron chi connectivity index (χ4n) is 6.16. The Labute approximate surface area is 261 Å². The van der Waals surface area contributed by atoms with Crippen molar-refractivity contribution in [2.24, 2.45) is 0 Å². The first kappa shape index (κ1) is 30.3. The minimum Gasteiger partial charge on any atom is -0.490 e. The number of aliphatic hydroxyl groups is 1. The number of ether oxygens (including phenoxy) is 1. The summed E-state index contributed by atoms with van der Waals surface area (Å²) in [6, 6.07) is 23.4. The second-order valence-corrected chi connectivity index (χ2v) is 11.6. The average molecular weight is 607 g/mol. The molecule has 0 aliphatic heterocycles. The van der Waals surface area contributed by atoms with E-state index in [0.29, 0.717) is 30.7 Å². The third-order valence-electron chi connectivity index (χ3n) is 8.40. The van der Waals surface area contributed by atoms with Crippen LogP contribution in [0.4, 0.5) is 0 Å². The van der Waals surface area contributed by atoms with Crippen LogP contribution in [0.1, 0.15) is 68.6 Å². The third-order valence-corrected chi connectivity index (χ3v) is 8.40. The first-order chi connectivity index (χ1) is 21.9. The van der Waals surface area contributed by atoms with Crippen LogP contribution in [-0.4, -0.2) is 37.0 Å². The number of nitrogens with zero attached hydrogens (tertiary/aromatic N) is 3. The standard InChI is InChI=1S/C36H38N4O5/c1-3-8-32-31(21-23-13-15-24(16-14-23)29-11-5-6-12-30(29)34-38-36(43)45-39-34)35(42)40(33(4-2)37-32)25-17-19-27(20-18-25)44-28-10-7-9-26(41)22-28/h5-6,11-20,26,28,41H,3-4,7-10,21-22H2,1-2H3,(H,38,39,43). The van der Waals surface area contributed by atoms with Gasteiger partial charge in [-0.1, -0.05) is 74.0 Å². The molecule has 0 amide bonds. The highest BCUT2D eigenvalue weighted by Crippen LogP contribution is 2.30. The first-order valence-electron chi connectivity index (χ1n) is 15.8. The van der Waals surface area contributed by atoms with Crippen molar-refractivity contribution >= 4 is 0 Å². The molecule has 1 saturated carbocycles. The Morgan fingerprint density at radius 3 is 2.40 bits per heavy atom. The van der Waals surface area contributed by atoms with Crippen LogP contribution >= 0.6 is 0 Å². The van der Waals surface area contributed by atoms with Crippen LogP contribution in [0, 0.1) is 0 Å². The summed E-state index contributed by atoms with van der Waals surface area (Å²) in [6.45, 7) is 4.12. The maximum atomic E-state index is 14.2. The number of benzene rings is 3. The summed E-state index contributed by atoms with van der Waals surface area (Å²) in [7, 11) is 0. The number of aryl methyl sites for hydroxylation is 2. The van der Waals surface area contributed by atoms with Crippen LogP contribution in [-0.2, 0) is 19.3 Å². The van der Waals surface area contributed by atoms with Gasteiger partial charge in [-0.05, 0) is 66.6 Å². The van der Waals surface area contributed by atoms with E-state index in [-0.39, 0.29) is 17.8 Å². The highest BCUT2D eigenvalue weighted by atomic mass is 16.5. The van der Waals surface area contributed by atoms with Crippen LogP contribution in [0.25, 0.3) is 28.2 Å². The molecule has 3 aromatic carbocycles. The summed E-state index contributed by atoms with van der Waals surface area (Å²) in [6.07, 6.45) is 5.73. The summed E-state index contributed by atoms with van der Waals surface area (Å²) >= 11 is 0. The van der Waals surface area contributed by atoms with E-state index in [4.69, 9.17) is 14.2 Å². The Kier molecular flexibility index (Phi) is 9.07. The average Bonchev–Trinajstić information content (AvgIpc) is 3.49. The van der Waals surface area contributed by atoms with E-state index in [1.807, 2.05) is 79.7 Å². The highest BCUT2D eigenvalue weighted by molar-refractivity contribution is 5.80. The number of rotatable bonds is 10. The molecule has 1 aliphatic carbocycles. The summed E-state index contributed by atoms with van der Waals surface area (Å²) in [4.78, 5) is 33.4. The van der Waals surface area contributed by atoms with Crippen LogP contribution in [0.3, 0.4) is 0 Å². The number of hydrogen-bond acceptors (Lipinski definition) is 7. The largest absolute Gasteiger partial charge is 0.490 e. The van der Waals surface area contributed by atoms with Gasteiger partial charge in [-0.25, -0.2) is 9.78 Å². The quantitative estimate of drug-likeness (QED) is 0.199. The lowest BCUT2D eigenvalue weighted by atomic mass is 9.95. The van der Waals surface area contributed by atoms with Crippen LogP contribution in [0.2, 0.25) is 0 Å². The number of nitrogens with one attached hydrogen (secondary N) is 1. The van der Waals surface area contributed by atoms with Gasteiger partial charge in [0.2, 0.25) is 0 Å². The van der Waals surface area contributed by atoms with Crippen LogP contribution < -0.4 is 16.1 Å². The topological polar surface area (TPSA) is 123 Å². The van der Waals surface area contributed by atoms with E-state index in [2.05, 4.69) is 17.1 Å². The molecule has 1 aliphatic rings. The molecule has 2 heterocycles. The van der Waals surface area contributed by atoms with Crippen molar-refractivity contribution in [2.45, 2.75) is 77.4 Å². The van der Waals surface area contributed by atoms with Crippen molar-refractivity contribution in [3.8, 4) is 34.0 Å². The summed E-state index contributed by atoms with van der Waals surface area (Å²) in [5.74, 6) is 1.24. The zero-order valence-electron chi connectivity index (χ0n) is 25.7. The van der Waals surface area contributed by atoms with Gasteiger partial charge in [0.25, 0.3) is 5.56 Å². The van der Waals surface area contributed by atoms with Crippen molar-refractivity contribution in [3.05, 3.63) is 116 Å². The van der Waals surface area contributed by atoms with Crippen molar-refractivity contribution < 1.29 is 14.4 Å². The molecule has 2 atom stereocenters. The van der Waals surface area contributed by atoms with E-state index in [1.54, 1.807) is 4.57 Å². The Morgan fingerprint density at radius 1 is 0.978 bits per heavy atom. The van der Waals surface area contributed by atoms with Crippen molar-refractivity contribution in [1.82, 2.24) is 19.7 Å². The van der Waals surface area contributed by atoms with E-state index >= 15 is 0 Å². The molecule has 0 spiro atoms. The summed E-state index contributed by atoms with van der Waals surface area (Å²) in [5.41, 5.74) is 5.85. The van der Waals surface area contributed by atoms with E-state index in [0.717, 1.165) is 77.3 Å². The molecule has 0 saturated heterocycles. The number of hydrogen-bond donors (Lipinski definition) is 2. The fraction of sp³-hybridized carbons (Fsp3) is 0.333. The Morgan fingerprint density at radius 2 is 1.73 bits per heavy atom. The normalized spacial score (nSPS) is 16.5. The molecule has 45 heavy (non-hydrogen) atoms. The molecular formula is C36H38N4O5. The van der Waals surface area contributed by atoms with Crippen LogP contribution in [0.15, 0.2) is 86.9 Å².